The van der Waals surface area contributed by atoms with Crippen LogP contribution in [0.15, 0.2) is 78.9 Å². The van der Waals surface area contributed by atoms with Crippen molar-refractivity contribution in [2.45, 2.75) is 26.7 Å². The van der Waals surface area contributed by atoms with Crippen molar-refractivity contribution >= 4 is 5.97 Å². The summed E-state index contributed by atoms with van der Waals surface area (Å²) >= 11 is 0. The third kappa shape index (κ3) is 4.88. The van der Waals surface area contributed by atoms with Crippen molar-refractivity contribution in [3.63, 3.8) is 0 Å². The second kappa shape index (κ2) is 9.96. The first kappa shape index (κ1) is 23.3. The van der Waals surface area contributed by atoms with Gasteiger partial charge in [-0.25, -0.2) is 18.0 Å². The van der Waals surface area contributed by atoms with Crippen LogP contribution in [0.4, 0.5) is 13.2 Å². The van der Waals surface area contributed by atoms with E-state index in [0.717, 1.165) is 24.5 Å². The molecule has 0 N–H and O–H groups in total. The molecule has 0 aliphatic rings. The maximum Gasteiger partial charge on any atom is 0.343 e. The molecule has 0 amide bonds. The van der Waals surface area contributed by atoms with E-state index >= 15 is 0 Å². The number of hydrogen-bond donors (Lipinski definition) is 0. The fourth-order valence-corrected chi connectivity index (χ4v) is 3.72. The first-order valence-corrected chi connectivity index (χ1v) is 11.0. The topological polar surface area (TPSA) is 26.3 Å². The lowest BCUT2D eigenvalue weighted by molar-refractivity contribution is 0.0734. The molecule has 4 aromatic rings. The maximum absolute atomic E-state index is 14.9. The Bertz CT molecular complexity index is 1330. The predicted octanol–water partition coefficient (Wildman–Crippen LogP) is 7.92. The number of halogens is 3. The van der Waals surface area contributed by atoms with Gasteiger partial charge in [-0.2, -0.15) is 0 Å². The van der Waals surface area contributed by atoms with Crippen LogP contribution in [0.5, 0.6) is 5.75 Å². The zero-order chi connectivity index (χ0) is 24.2. The van der Waals surface area contributed by atoms with Crippen LogP contribution in [0.2, 0.25) is 0 Å². The van der Waals surface area contributed by atoms with Gasteiger partial charge in [0.15, 0.2) is 11.6 Å². The second-order valence-electron chi connectivity index (χ2n) is 8.11. The van der Waals surface area contributed by atoms with Gasteiger partial charge in [0.1, 0.15) is 11.6 Å². The Kier molecular flexibility index (Phi) is 6.82. The Morgan fingerprint density at radius 2 is 1.32 bits per heavy atom. The summed E-state index contributed by atoms with van der Waals surface area (Å²) in [5.74, 6) is -2.87. The summed E-state index contributed by atoms with van der Waals surface area (Å²) < 4.78 is 48.8. The van der Waals surface area contributed by atoms with Crippen molar-refractivity contribution in [1.82, 2.24) is 0 Å². The minimum absolute atomic E-state index is 0.0820. The fraction of sp³-hybridized carbons (Fsp3) is 0.138. The van der Waals surface area contributed by atoms with Crippen LogP contribution in [0.1, 0.15) is 34.8 Å². The fourth-order valence-electron chi connectivity index (χ4n) is 3.72. The molecule has 0 bridgehead atoms. The van der Waals surface area contributed by atoms with Gasteiger partial charge in [-0.3, -0.25) is 0 Å². The zero-order valence-electron chi connectivity index (χ0n) is 18.9. The van der Waals surface area contributed by atoms with E-state index in [-0.39, 0.29) is 22.4 Å². The summed E-state index contributed by atoms with van der Waals surface area (Å²) in [6.07, 6.45) is 1.95. The highest BCUT2D eigenvalue weighted by atomic mass is 19.2. The van der Waals surface area contributed by atoms with Crippen LogP contribution in [-0.2, 0) is 6.42 Å². The molecule has 34 heavy (non-hydrogen) atoms. The molecule has 5 heteroatoms. The van der Waals surface area contributed by atoms with Crippen LogP contribution in [0, 0.1) is 24.4 Å². The molecule has 0 heterocycles. The number of benzene rings is 4. The van der Waals surface area contributed by atoms with Crippen molar-refractivity contribution in [2.24, 2.45) is 0 Å². The summed E-state index contributed by atoms with van der Waals surface area (Å²) in [5.41, 5.74) is 2.99. The number of carbonyl (C=O) groups excluding carboxylic acids is 1. The minimum atomic E-state index is -0.949. The first-order valence-electron chi connectivity index (χ1n) is 11.0. The quantitative estimate of drug-likeness (QED) is 0.216. The standard InChI is InChI=1S/C29H23F3O2/c1-3-4-19-6-9-20(10-7-19)24-15-16-25(28(32)27(24)31)21-11-13-23(14-12-21)34-29(33)22-8-5-18(2)26(30)17-22/h5-17H,3-4H2,1-2H3. The van der Waals surface area contributed by atoms with Gasteiger partial charge in [-0.1, -0.05) is 67.9 Å². The zero-order valence-corrected chi connectivity index (χ0v) is 18.9. The van der Waals surface area contributed by atoms with E-state index in [0.29, 0.717) is 16.7 Å². The Morgan fingerprint density at radius 3 is 1.85 bits per heavy atom. The van der Waals surface area contributed by atoms with E-state index in [9.17, 15) is 18.0 Å². The van der Waals surface area contributed by atoms with E-state index in [1.807, 2.05) is 12.1 Å². The molecule has 0 atom stereocenters. The molecule has 0 aromatic heterocycles. The molecular weight excluding hydrogens is 437 g/mol. The molecule has 172 valence electrons. The molecule has 0 unspecified atom stereocenters. The van der Waals surface area contributed by atoms with Crippen LogP contribution < -0.4 is 4.74 Å². The molecule has 0 spiro atoms. The lowest BCUT2D eigenvalue weighted by Crippen LogP contribution is -2.09. The van der Waals surface area contributed by atoms with Gasteiger partial charge in [-0.05, 0) is 59.9 Å². The largest absolute Gasteiger partial charge is 0.423 e. The summed E-state index contributed by atoms with van der Waals surface area (Å²) in [5, 5.41) is 0. The predicted molar refractivity (Wildman–Crippen MR) is 127 cm³/mol. The first-order chi connectivity index (χ1) is 16.4. The molecule has 4 aromatic carbocycles. The number of ether oxygens (including phenoxy) is 1. The van der Waals surface area contributed by atoms with E-state index in [2.05, 4.69) is 6.92 Å². The summed E-state index contributed by atoms with van der Waals surface area (Å²) in [6.45, 7) is 3.68. The van der Waals surface area contributed by atoms with Crippen LogP contribution in [0.25, 0.3) is 22.3 Å². The van der Waals surface area contributed by atoms with Crippen LogP contribution in [-0.4, -0.2) is 5.97 Å². The van der Waals surface area contributed by atoms with Gasteiger partial charge >= 0.3 is 5.97 Å². The maximum atomic E-state index is 14.9. The SMILES string of the molecule is CCCc1ccc(-c2ccc(-c3ccc(OC(=O)c4ccc(C)c(F)c4)cc3)c(F)c2F)cc1. The van der Waals surface area contributed by atoms with E-state index < -0.39 is 23.4 Å². The number of rotatable bonds is 6. The van der Waals surface area contributed by atoms with Gasteiger partial charge in [0.2, 0.25) is 0 Å². The van der Waals surface area contributed by atoms with Crippen LogP contribution in [0.3, 0.4) is 0 Å². The lowest BCUT2D eigenvalue weighted by Gasteiger charge is -2.11. The highest BCUT2D eigenvalue weighted by Crippen LogP contribution is 2.32. The van der Waals surface area contributed by atoms with E-state index in [1.165, 1.54) is 42.5 Å². The molecule has 0 radical (unpaired) electrons. The molecule has 0 aliphatic carbocycles. The van der Waals surface area contributed by atoms with Gasteiger partial charge in [-0.15, -0.1) is 0 Å². The van der Waals surface area contributed by atoms with E-state index in [4.69, 9.17) is 4.74 Å². The molecule has 0 saturated carbocycles. The Balaban J connectivity index is 1.53. The molecule has 2 nitrogen and oxygen atoms in total. The van der Waals surface area contributed by atoms with Gasteiger partial charge in [0, 0.05) is 11.1 Å². The van der Waals surface area contributed by atoms with Gasteiger partial charge in [0.05, 0.1) is 5.56 Å². The van der Waals surface area contributed by atoms with Crippen molar-refractivity contribution in [2.75, 3.05) is 0 Å². The summed E-state index contributed by atoms with van der Waals surface area (Å²) in [4.78, 5) is 12.3. The van der Waals surface area contributed by atoms with Gasteiger partial charge < -0.3 is 4.74 Å². The van der Waals surface area contributed by atoms with E-state index in [1.54, 1.807) is 25.1 Å². The average molecular weight is 460 g/mol. The lowest BCUT2D eigenvalue weighted by atomic mass is 9.97. The minimum Gasteiger partial charge on any atom is -0.423 e. The summed E-state index contributed by atoms with van der Waals surface area (Å²) in [7, 11) is 0. The highest BCUT2D eigenvalue weighted by Gasteiger charge is 2.17. The van der Waals surface area contributed by atoms with Crippen molar-refractivity contribution in [3.8, 4) is 28.0 Å². The van der Waals surface area contributed by atoms with Crippen molar-refractivity contribution < 1.29 is 22.7 Å². The molecule has 0 saturated heterocycles. The molecule has 0 aliphatic heterocycles. The van der Waals surface area contributed by atoms with Crippen molar-refractivity contribution in [3.05, 3.63) is 113 Å². The normalized spacial score (nSPS) is 10.9. The number of aryl methyl sites for hydroxylation is 2. The molecule has 4 rings (SSSR count). The van der Waals surface area contributed by atoms with Crippen molar-refractivity contribution in [1.29, 1.82) is 0 Å². The monoisotopic (exact) mass is 460 g/mol. The highest BCUT2D eigenvalue weighted by molar-refractivity contribution is 5.91. The number of esters is 1. The van der Waals surface area contributed by atoms with Crippen LogP contribution >= 0.6 is 0 Å². The summed E-state index contributed by atoms with van der Waals surface area (Å²) in [6, 6.07) is 20.7. The second-order valence-corrected chi connectivity index (χ2v) is 8.11. The third-order valence-corrected chi connectivity index (χ3v) is 5.67. The third-order valence-electron chi connectivity index (χ3n) is 5.67. The molecular formula is C29H23F3O2. The Morgan fingerprint density at radius 1 is 0.765 bits per heavy atom. The number of hydrogen-bond acceptors (Lipinski definition) is 2. The smallest absolute Gasteiger partial charge is 0.343 e. The number of carbonyl (C=O) groups is 1. The Hall–Kier alpha value is -3.86. The Labute approximate surface area is 196 Å². The van der Waals surface area contributed by atoms with Gasteiger partial charge in [0.25, 0.3) is 0 Å². The average Bonchev–Trinajstić information content (AvgIpc) is 2.84. The molecule has 0 fully saturated rings.